The van der Waals surface area contributed by atoms with Crippen molar-refractivity contribution in [1.29, 1.82) is 0 Å². The van der Waals surface area contributed by atoms with Crippen molar-refractivity contribution in [3.05, 3.63) is 58.7 Å². The molecule has 2 aromatic rings. The maximum atomic E-state index is 2.33. The lowest BCUT2D eigenvalue weighted by molar-refractivity contribution is 1.10. The number of hydrogen-bond acceptors (Lipinski definition) is 0. The molecule has 0 unspecified atom stereocenters. The fourth-order valence-corrected chi connectivity index (χ4v) is 2.49. The fourth-order valence-electron chi connectivity index (χ4n) is 2.49. The van der Waals surface area contributed by atoms with Gasteiger partial charge in [0.25, 0.3) is 0 Å². The first kappa shape index (κ1) is 12.9. The van der Waals surface area contributed by atoms with Gasteiger partial charge < -0.3 is 0 Å². The lowest BCUT2D eigenvalue weighted by atomic mass is 9.93. The first-order chi connectivity index (χ1) is 8.65. The van der Waals surface area contributed by atoms with Gasteiger partial charge in [-0.05, 0) is 60.1 Å². The molecule has 0 saturated heterocycles. The van der Waals surface area contributed by atoms with Crippen LogP contribution in [0.15, 0.2) is 36.4 Å². The van der Waals surface area contributed by atoms with Gasteiger partial charge in [0.2, 0.25) is 0 Å². The summed E-state index contributed by atoms with van der Waals surface area (Å²) in [5, 5.41) is 0. The van der Waals surface area contributed by atoms with Crippen LogP contribution >= 0.6 is 0 Å². The van der Waals surface area contributed by atoms with Crippen molar-refractivity contribution in [2.75, 3.05) is 0 Å². The predicted molar refractivity (Wildman–Crippen MR) is 80.1 cm³/mol. The smallest absolute Gasteiger partial charge is 0.0152 e. The molecular weight excluding hydrogens is 216 g/mol. The molecule has 0 nitrogen and oxygen atoms in total. The fraction of sp³-hybridized carbons (Fsp3) is 0.333. The lowest BCUT2D eigenvalue weighted by Gasteiger charge is -2.12. The molecule has 0 aromatic heterocycles. The third kappa shape index (κ3) is 2.48. The standard InChI is InChI=1S/C18H22/c1-5-15-7-9-17(10-8-15)18-12-13(3)16(6-2)11-14(18)4/h7-12H,5-6H2,1-4H3. The Hall–Kier alpha value is -1.56. The molecule has 0 N–H and O–H groups in total. The largest absolute Gasteiger partial charge is 0.0613 e. The van der Waals surface area contributed by atoms with E-state index in [2.05, 4.69) is 64.1 Å². The van der Waals surface area contributed by atoms with Gasteiger partial charge in [-0.25, -0.2) is 0 Å². The van der Waals surface area contributed by atoms with Crippen molar-refractivity contribution >= 4 is 0 Å². The Kier molecular flexibility index (Phi) is 3.86. The van der Waals surface area contributed by atoms with Crippen molar-refractivity contribution in [1.82, 2.24) is 0 Å². The summed E-state index contributed by atoms with van der Waals surface area (Å²) in [5.41, 5.74) is 8.34. The molecule has 0 aliphatic heterocycles. The van der Waals surface area contributed by atoms with E-state index in [1.807, 2.05) is 0 Å². The molecule has 0 spiro atoms. The van der Waals surface area contributed by atoms with Gasteiger partial charge in [0.05, 0.1) is 0 Å². The average molecular weight is 238 g/mol. The van der Waals surface area contributed by atoms with Gasteiger partial charge in [0.15, 0.2) is 0 Å². The van der Waals surface area contributed by atoms with Crippen molar-refractivity contribution in [3.8, 4) is 11.1 Å². The van der Waals surface area contributed by atoms with Gasteiger partial charge in [-0.15, -0.1) is 0 Å². The maximum Gasteiger partial charge on any atom is -0.0152 e. The van der Waals surface area contributed by atoms with Crippen LogP contribution in [-0.4, -0.2) is 0 Å². The molecule has 94 valence electrons. The Balaban J connectivity index is 2.46. The van der Waals surface area contributed by atoms with E-state index in [0.717, 1.165) is 12.8 Å². The Bertz CT molecular complexity index is 533. The quantitative estimate of drug-likeness (QED) is 0.698. The molecule has 0 heteroatoms. The van der Waals surface area contributed by atoms with Crippen LogP contribution in [0, 0.1) is 13.8 Å². The van der Waals surface area contributed by atoms with Crippen molar-refractivity contribution in [2.24, 2.45) is 0 Å². The van der Waals surface area contributed by atoms with E-state index < -0.39 is 0 Å². The summed E-state index contributed by atoms with van der Waals surface area (Å²) >= 11 is 0. The number of hydrogen-bond donors (Lipinski definition) is 0. The topological polar surface area (TPSA) is 0 Å². The zero-order valence-electron chi connectivity index (χ0n) is 11.9. The normalized spacial score (nSPS) is 10.7. The Morgan fingerprint density at radius 1 is 0.778 bits per heavy atom. The second kappa shape index (κ2) is 5.39. The van der Waals surface area contributed by atoms with Gasteiger partial charge >= 0.3 is 0 Å². The van der Waals surface area contributed by atoms with Crippen LogP contribution < -0.4 is 0 Å². The summed E-state index contributed by atoms with van der Waals surface area (Å²) in [4.78, 5) is 0. The number of benzene rings is 2. The van der Waals surface area contributed by atoms with Gasteiger partial charge in [0.1, 0.15) is 0 Å². The highest BCUT2D eigenvalue weighted by Crippen LogP contribution is 2.27. The van der Waals surface area contributed by atoms with Crippen LogP contribution in [0.4, 0.5) is 0 Å². The molecule has 2 rings (SSSR count). The molecule has 0 radical (unpaired) electrons. The molecule has 0 amide bonds. The zero-order chi connectivity index (χ0) is 13.1. The van der Waals surface area contributed by atoms with E-state index in [1.54, 1.807) is 0 Å². The Morgan fingerprint density at radius 2 is 1.44 bits per heavy atom. The van der Waals surface area contributed by atoms with E-state index >= 15 is 0 Å². The summed E-state index contributed by atoms with van der Waals surface area (Å²) in [6, 6.07) is 13.6. The van der Waals surface area contributed by atoms with Gasteiger partial charge in [-0.1, -0.05) is 50.2 Å². The van der Waals surface area contributed by atoms with Gasteiger partial charge in [-0.2, -0.15) is 0 Å². The molecule has 18 heavy (non-hydrogen) atoms. The minimum absolute atomic E-state index is 1.10. The highest BCUT2D eigenvalue weighted by Gasteiger charge is 2.05. The zero-order valence-corrected chi connectivity index (χ0v) is 11.9. The number of aryl methyl sites for hydroxylation is 4. The molecule has 0 saturated carbocycles. The highest BCUT2D eigenvalue weighted by atomic mass is 14.1. The van der Waals surface area contributed by atoms with E-state index in [9.17, 15) is 0 Å². The van der Waals surface area contributed by atoms with Crippen molar-refractivity contribution in [2.45, 2.75) is 40.5 Å². The Morgan fingerprint density at radius 3 is 2.00 bits per heavy atom. The molecule has 0 aliphatic carbocycles. The minimum Gasteiger partial charge on any atom is -0.0613 e. The second-order valence-corrected chi connectivity index (χ2v) is 5.00. The SMILES string of the molecule is CCc1ccc(-c2cc(C)c(CC)cc2C)cc1. The third-order valence-corrected chi connectivity index (χ3v) is 3.74. The van der Waals surface area contributed by atoms with Crippen molar-refractivity contribution < 1.29 is 0 Å². The van der Waals surface area contributed by atoms with Crippen LogP contribution in [0.1, 0.15) is 36.1 Å². The first-order valence-electron chi connectivity index (χ1n) is 6.85. The predicted octanol–water partition coefficient (Wildman–Crippen LogP) is 5.10. The third-order valence-electron chi connectivity index (χ3n) is 3.74. The molecule has 0 aliphatic rings. The second-order valence-electron chi connectivity index (χ2n) is 5.00. The van der Waals surface area contributed by atoms with Crippen LogP contribution in [0.3, 0.4) is 0 Å². The summed E-state index contributed by atoms with van der Waals surface area (Å²) in [6.07, 6.45) is 2.22. The molecular formula is C18H22. The van der Waals surface area contributed by atoms with Crippen LogP contribution in [0.2, 0.25) is 0 Å². The van der Waals surface area contributed by atoms with Crippen LogP contribution in [0.5, 0.6) is 0 Å². The summed E-state index contributed by atoms with van der Waals surface area (Å²) in [5.74, 6) is 0. The van der Waals surface area contributed by atoms with Crippen LogP contribution in [-0.2, 0) is 12.8 Å². The highest BCUT2D eigenvalue weighted by molar-refractivity contribution is 5.69. The summed E-state index contributed by atoms with van der Waals surface area (Å²) in [6.45, 7) is 8.84. The molecule has 0 bridgehead atoms. The van der Waals surface area contributed by atoms with Gasteiger partial charge in [-0.3, -0.25) is 0 Å². The van der Waals surface area contributed by atoms with E-state index in [4.69, 9.17) is 0 Å². The minimum atomic E-state index is 1.10. The number of rotatable bonds is 3. The molecule has 0 heterocycles. The Labute approximate surface area is 111 Å². The molecule has 0 fully saturated rings. The maximum absolute atomic E-state index is 2.33. The average Bonchev–Trinajstić information content (AvgIpc) is 2.41. The van der Waals surface area contributed by atoms with Gasteiger partial charge in [0, 0.05) is 0 Å². The molecule has 0 atom stereocenters. The monoisotopic (exact) mass is 238 g/mol. The first-order valence-corrected chi connectivity index (χ1v) is 6.85. The molecule has 2 aromatic carbocycles. The summed E-state index contributed by atoms with van der Waals surface area (Å²) < 4.78 is 0. The van der Waals surface area contributed by atoms with E-state index in [0.29, 0.717) is 0 Å². The van der Waals surface area contributed by atoms with Crippen molar-refractivity contribution in [3.63, 3.8) is 0 Å². The van der Waals surface area contributed by atoms with E-state index in [-0.39, 0.29) is 0 Å². The van der Waals surface area contributed by atoms with Crippen LogP contribution in [0.25, 0.3) is 11.1 Å². The summed E-state index contributed by atoms with van der Waals surface area (Å²) in [7, 11) is 0. The van der Waals surface area contributed by atoms with E-state index in [1.165, 1.54) is 33.4 Å². The lowest BCUT2D eigenvalue weighted by Crippen LogP contribution is -1.92.